The fraction of sp³-hybridized carbons (Fsp3) is 0.611. The summed E-state index contributed by atoms with van der Waals surface area (Å²) in [4.78, 5) is 2.33. The maximum atomic E-state index is 10.6. The summed E-state index contributed by atoms with van der Waals surface area (Å²) in [5.41, 5.74) is 3.23. The summed E-state index contributed by atoms with van der Waals surface area (Å²) >= 11 is 0. The molecule has 0 spiro atoms. The zero-order valence-electron chi connectivity index (χ0n) is 14.8. The molecule has 1 atom stereocenters. The first-order chi connectivity index (χ1) is 12.7. The Labute approximate surface area is 152 Å². The van der Waals surface area contributed by atoms with Crippen molar-refractivity contribution in [3.05, 3.63) is 23.3 Å². The van der Waals surface area contributed by atoms with E-state index in [0.717, 1.165) is 73.5 Å². The Balaban J connectivity index is 1.44. The predicted molar refractivity (Wildman–Crippen MR) is 96.9 cm³/mol. The lowest BCUT2D eigenvalue weighted by Gasteiger charge is -2.31. The number of ether oxygens (including phenoxy) is 1. The Morgan fingerprint density at radius 2 is 1.77 bits per heavy atom. The molecule has 26 heavy (non-hydrogen) atoms. The van der Waals surface area contributed by atoms with Crippen molar-refractivity contribution in [1.82, 2.24) is 4.90 Å². The lowest BCUT2D eigenvalue weighted by atomic mass is 10.1. The highest BCUT2D eigenvalue weighted by molar-refractivity contribution is 6.01. The van der Waals surface area contributed by atoms with E-state index in [4.69, 9.17) is 4.74 Å². The molecule has 1 saturated heterocycles. The molecule has 0 saturated carbocycles. The third-order valence-electron chi connectivity index (χ3n) is 5.45. The number of aliphatic hydroxyl groups excluding tert-OH is 1. The average Bonchev–Trinajstić information content (AvgIpc) is 3.07. The molecule has 1 aromatic carbocycles. The van der Waals surface area contributed by atoms with Gasteiger partial charge in [0.05, 0.1) is 18.9 Å². The highest BCUT2D eigenvalue weighted by Crippen LogP contribution is 2.39. The van der Waals surface area contributed by atoms with Gasteiger partial charge in [0, 0.05) is 26.1 Å². The van der Waals surface area contributed by atoms with Crippen molar-refractivity contribution >= 4 is 17.2 Å². The highest BCUT2D eigenvalue weighted by Gasteiger charge is 2.29. The molecule has 1 fully saturated rings. The van der Waals surface area contributed by atoms with E-state index in [1.165, 1.54) is 0 Å². The molecule has 8 nitrogen and oxygen atoms in total. The largest absolute Gasteiger partial charge is 0.396 e. The summed E-state index contributed by atoms with van der Waals surface area (Å²) in [6, 6.07) is 3.76. The minimum atomic E-state index is 0.147. The van der Waals surface area contributed by atoms with Gasteiger partial charge in [-0.05, 0) is 55.0 Å². The van der Waals surface area contributed by atoms with E-state index < -0.39 is 0 Å². The molecule has 0 amide bonds. The van der Waals surface area contributed by atoms with Crippen LogP contribution in [0.1, 0.15) is 24.0 Å². The fourth-order valence-electron chi connectivity index (χ4n) is 3.98. The van der Waals surface area contributed by atoms with E-state index in [-0.39, 0.29) is 12.5 Å². The first kappa shape index (κ1) is 17.7. The Bertz CT molecular complexity index is 690. The number of amidine groups is 1. The van der Waals surface area contributed by atoms with Crippen LogP contribution in [0.15, 0.2) is 17.2 Å². The quantitative estimate of drug-likeness (QED) is 0.725. The number of benzene rings is 1. The molecule has 1 unspecified atom stereocenters. The zero-order chi connectivity index (χ0) is 18.1. The maximum Gasteiger partial charge on any atom is 0.157 e. The number of morpholine rings is 1. The Hall–Kier alpha value is -1.71. The molecule has 0 bridgehead atoms. The molecular formula is C18H26N4O4. The minimum absolute atomic E-state index is 0.147. The van der Waals surface area contributed by atoms with Crippen LogP contribution in [-0.4, -0.2) is 65.7 Å². The van der Waals surface area contributed by atoms with Crippen LogP contribution >= 0.6 is 0 Å². The number of nitrogens with zero attached hydrogens (tertiary/aromatic N) is 4. The molecule has 0 aromatic heterocycles. The van der Waals surface area contributed by atoms with Crippen LogP contribution in [0, 0.1) is 5.92 Å². The minimum Gasteiger partial charge on any atom is -0.396 e. The van der Waals surface area contributed by atoms with Crippen molar-refractivity contribution in [2.75, 3.05) is 49.7 Å². The van der Waals surface area contributed by atoms with E-state index in [0.29, 0.717) is 23.6 Å². The maximum absolute atomic E-state index is 10.6. The van der Waals surface area contributed by atoms with Crippen LogP contribution in [0.4, 0.5) is 11.4 Å². The summed E-state index contributed by atoms with van der Waals surface area (Å²) in [5, 5.41) is 36.4. The zero-order valence-corrected chi connectivity index (χ0v) is 14.8. The van der Waals surface area contributed by atoms with Crippen molar-refractivity contribution in [3.63, 3.8) is 0 Å². The predicted octanol–water partition coefficient (Wildman–Crippen LogP) is 1.22. The summed E-state index contributed by atoms with van der Waals surface area (Å²) in [5.74, 6) is 0.645. The monoisotopic (exact) mass is 362 g/mol. The van der Waals surface area contributed by atoms with Crippen molar-refractivity contribution in [2.24, 2.45) is 11.0 Å². The van der Waals surface area contributed by atoms with Crippen LogP contribution in [0.25, 0.3) is 0 Å². The van der Waals surface area contributed by atoms with Gasteiger partial charge in [0.2, 0.25) is 0 Å². The van der Waals surface area contributed by atoms with Crippen molar-refractivity contribution in [3.8, 4) is 0 Å². The number of fused-ring (bicyclic) bond motifs is 2. The van der Waals surface area contributed by atoms with Crippen LogP contribution in [0.5, 0.6) is 0 Å². The number of aliphatic hydroxyl groups is 1. The third kappa shape index (κ3) is 3.43. The van der Waals surface area contributed by atoms with Crippen LogP contribution in [0.3, 0.4) is 0 Å². The number of hydrogen-bond donors (Lipinski definition) is 3. The average molecular weight is 362 g/mol. The second-order valence-electron chi connectivity index (χ2n) is 7.24. The van der Waals surface area contributed by atoms with E-state index in [1.54, 1.807) is 0 Å². The molecule has 1 aromatic rings. The summed E-state index contributed by atoms with van der Waals surface area (Å²) < 4.78 is 5.35. The van der Waals surface area contributed by atoms with Crippen LogP contribution < -0.4 is 10.2 Å². The highest BCUT2D eigenvalue weighted by atomic mass is 16.5. The van der Waals surface area contributed by atoms with Gasteiger partial charge in [0.25, 0.3) is 0 Å². The molecular weight excluding hydrogens is 336 g/mol. The number of hydroxylamine groups is 1. The molecule has 2 heterocycles. The van der Waals surface area contributed by atoms with Gasteiger partial charge in [-0.25, -0.2) is 5.06 Å². The summed E-state index contributed by atoms with van der Waals surface area (Å²) in [6.45, 7) is 4.46. The summed E-state index contributed by atoms with van der Waals surface area (Å²) in [6.07, 6.45) is 2.99. The number of hydrazone groups is 1. The lowest BCUT2D eigenvalue weighted by Crippen LogP contribution is -2.38. The van der Waals surface area contributed by atoms with Crippen molar-refractivity contribution < 1.29 is 20.3 Å². The number of hydrogen-bond acceptors (Lipinski definition) is 8. The standard InChI is InChI=1S/C18H26N4O4/c23-12-13-8-14-10-16-17(11-15(14)9-13)22(25)19-18(21(16)24)2-1-3-20-4-6-26-7-5-20/h10-11,13,23-25H,1-9,12H2. The van der Waals surface area contributed by atoms with E-state index in [1.807, 2.05) is 12.1 Å². The van der Waals surface area contributed by atoms with Gasteiger partial charge in [-0.1, -0.05) is 0 Å². The van der Waals surface area contributed by atoms with Gasteiger partial charge in [-0.3, -0.25) is 15.3 Å². The van der Waals surface area contributed by atoms with Crippen LogP contribution in [-0.2, 0) is 17.6 Å². The SMILES string of the molecule is OCC1Cc2cc3c(cc2C1)N(O)C(CCCN1CCOCC1)=NN3O. The third-order valence-corrected chi connectivity index (χ3v) is 5.45. The van der Waals surface area contributed by atoms with Gasteiger partial charge >= 0.3 is 0 Å². The Morgan fingerprint density at radius 1 is 1.08 bits per heavy atom. The van der Waals surface area contributed by atoms with Gasteiger partial charge in [-0.2, -0.15) is 0 Å². The summed E-state index contributed by atoms with van der Waals surface area (Å²) in [7, 11) is 0. The van der Waals surface area contributed by atoms with Gasteiger partial charge in [-0.15, -0.1) is 10.3 Å². The molecule has 3 N–H and O–H groups in total. The van der Waals surface area contributed by atoms with E-state index in [9.17, 15) is 15.5 Å². The van der Waals surface area contributed by atoms with Gasteiger partial charge in [0.1, 0.15) is 5.69 Å². The topological polar surface area (TPSA) is 92.0 Å². The van der Waals surface area contributed by atoms with Gasteiger partial charge < -0.3 is 9.84 Å². The lowest BCUT2D eigenvalue weighted by molar-refractivity contribution is 0.0376. The van der Waals surface area contributed by atoms with Crippen LogP contribution in [0.2, 0.25) is 0 Å². The molecule has 2 aliphatic heterocycles. The second kappa shape index (κ2) is 7.50. The Morgan fingerprint density at radius 3 is 2.46 bits per heavy atom. The van der Waals surface area contributed by atoms with Crippen molar-refractivity contribution in [1.29, 1.82) is 0 Å². The number of anilines is 2. The molecule has 8 heteroatoms. The molecule has 4 rings (SSSR count). The first-order valence-electron chi connectivity index (χ1n) is 9.28. The normalized spacial score (nSPS) is 23.0. The molecule has 0 radical (unpaired) electrons. The van der Waals surface area contributed by atoms with Crippen molar-refractivity contribution in [2.45, 2.75) is 25.7 Å². The van der Waals surface area contributed by atoms with E-state index >= 15 is 0 Å². The molecule has 1 aliphatic carbocycles. The second-order valence-corrected chi connectivity index (χ2v) is 7.24. The first-order valence-corrected chi connectivity index (χ1v) is 9.28. The smallest absolute Gasteiger partial charge is 0.157 e. The molecule has 142 valence electrons. The Kier molecular flexibility index (Phi) is 5.10. The molecule has 3 aliphatic rings. The number of rotatable bonds is 5. The fourth-order valence-corrected chi connectivity index (χ4v) is 3.98. The van der Waals surface area contributed by atoms with Gasteiger partial charge in [0.15, 0.2) is 5.84 Å². The van der Waals surface area contributed by atoms with E-state index in [2.05, 4.69) is 10.0 Å².